The summed E-state index contributed by atoms with van der Waals surface area (Å²) < 4.78 is 0. The molecule has 1 N–H and O–H groups in total. The third-order valence-corrected chi connectivity index (χ3v) is 5.51. The lowest BCUT2D eigenvalue weighted by atomic mass is 9.98. The smallest absolute Gasteiger partial charge is 0.187 e. The van der Waals surface area contributed by atoms with Crippen LogP contribution in [-0.4, -0.2) is 9.97 Å². The molecule has 0 atom stereocenters. The number of benzene rings is 1. The van der Waals surface area contributed by atoms with Crippen molar-refractivity contribution in [3.05, 3.63) is 56.5 Å². The topological polar surface area (TPSA) is 61.6 Å². The maximum absolute atomic E-state index is 9.34. The Morgan fingerprint density at radius 3 is 2.40 bits per heavy atom. The van der Waals surface area contributed by atoms with Crippen molar-refractivity contribution in [3.63, 3.8) is 0 Å². The predicted octanol–water partition coefficient (Wildman–Crippen LogP) is 5.48. The Labute approximate surface area is 155 Å². The molecule has 6 heteroatoms. The Bertz CT molecular complexity index is 966. The lowest BCUT2D eigenvalue weighted by Gasteiger charge is -2.08. The van der Waals surface area contributed by atoms with Gasteiger partial charge in [0, 0.05) is 28.2 Å². The van der Waals surface area contributed by atoms with E-state index in [9.17, 15) is 5.26 Å². The highest BCUT2D eigenvalue weighted by Gasteiger charge is 2.11. The average Bonchev–Trinajstić information content (AvgIpc) is 3.17. The first kappa shape index (κ1) is 17.3. The van der Waals surface area contributed by atoms with Crippen molar-refractivity contribution in [2.24, 2.45) is 0 Å². The van der Waals surface area contributed by atoms with Crippen LogP contribution in [0.25, 0.3) is 16.8 Å². The number of allylic oxidation sites excluding steroid dienone is 1. The van der Waals surface area contributed by atoms with Gasteiger partial charge in [-0.15, -0.1) is 22.7 Å². The molecule has 3 aromatic rings. The third-order valence-electron chi connectivity index (χ3n) is 3.75. The number of aryl methyl sites for hydroxylation is 4. The van der Waals surface area contributed by atoms with Crippen LogP contribution >= 0.6 is 22.7 Å². The minimum atomic E-state index is 0.512. The second-order valence-corrected chi connectivity index (χ2v) is 7.64. The van der Waals surface area contributed by atoms with Gasteiger partial charge in [0.15, 0.2) is 5.13 Å². The first-order valence-corrected chi connectivity index (χ1v) is 9.57. The lowest BCUT2D eigenvalue weighted by molar-refractivity contribution is 1.24. The molecule has 0 saturated heterocycles. The van der Waals surface area contributed by atoms with E-state index in [0.717, 1.165) is 21.5 Å². The molecule has 0 bridgehead atoms. The summed E-state index contributed by atoms with van der Waals surface area (Å²) in [7, 11) is 0. The summed E-state index contributed by atoms with van der Waals surface area (Å²) >= 11 is 2.99. The number of rotatable bonds is 4. The Hall–Kier alpha value is -2.49. The van der Waals surface area contributed by atoms with Gasteiger partial charge in [0.25, 0.3) is 0 Å². The second kappa shape index (κ2) is 7.18. The van der Waals surface area contributed by atoms with Gasteiger partial charge in [0.1, 0.15) is 16.6 Å². The molecular formula is C19H18N4S2. The van der Waals surface area contributed by atoms with Crippen LogP contribution in [0, 0.1) is 39.0 Å². The highest BCUT2D eigenvalue weighted by molar-refractivity contribution is 7.14. The van der Waals surface area contributed by atoms with E-state index < -0.39 is 0 Å². The van der Waals surface area contributed by atoms with E-state index in [-0.39, 0.29) is 0 Å². The molecule has 0 fully saturated rings. The number of nitrogens with one attached hydrogen (secondary N) is 1. The standard InChI is InChI=1S/C19H18N4S2/c1-11-5-12(2)17(13(3)6-11)16-10-25-19(23-16)21-8-15(7-20)18-22-14(4)9-24-18/h5-6,8-10H,1-4H3,(H,21,23)/b15-8+. The molecule has 0 spiro atoms. The average molecular weight is 367 g/mol. The van der Waals surface area contributed by atoms with E-state index in [0.29, 0.717) is 5.57 Å². The van der Waals surface area contributed by atoms with Crippen LogP contribution in [0.5, 0.6) is 0 Å². The highest BCUT2D eigenvalue weighted by Crippen LogP contribution is 2.31. The molecule has 0 aliphatic heterocycles. The molecule has 0 aliphatic rings. The minimum absolute atomic E-state index is 0.512. The maximum Gasteiger partial charge on any atom is 0.187 e. The number of hydrogen-bond donors (Lipinski definition) is 1. The van der Waals surface area contributed by atoms with Crippen molar-refractivity contribution in [3.8, 4) is 17.3 Å². The fourth-order valence-electron chi connectivity index (χ4n) is 2.79. The van der Waals surface area contributed by atoms with E-state index in [1.165, 1.54) is 44.9 Å². The van der Waals surface area contributed by atoms with Crippen LogP contribution in [0.15, 0.2) is 29.1 Å². The minimum Gasteiger partial charge on any atom is -0.337 e. The molecular weight excluding hydrogens is 348 g/mol. The largest absolute Gasteiger partial charge is 0.337 e. The summed E-state index contributed by atoms with van der Waals surface area (Å²) in [5, 5.41) is 17.9. The summed E-state index contributed by atoms with van der Waals surface area (Å²) in [6, 6.07) is 6.54. The Kier molecular flexibility index (Phi) is 4.98. The number of nitrogens with zero attached hydrogens (tertiary/aromatic N) is 3. The van der Waals surface area contributed by atoms with E-state index in [1.807, 2.05) is 17.7 Å². The molecule has 25 heavy (non-hydrogen) atoms. The maximum atomic E-state index is 9.34. The fraction of sp³-hybridized carbons (Fsp3) is 0.211. The Balaban J connectivity index is 1.85. The summed E-state index contributed by atoms with van der Waals surface area (Å²) in [5.41, 5.74) is 7.27. The number of hydrogen-bond acceptors (Lipinski definition) is 6. The lowest BCUT2D eigenvalue weighted by Crippen LogP contribution is -1.93. The molecule has 2 heterocycles. The van der Waals surface area contributed by atoms with Gasteiger partial charge in [-0.3, -0.25) is 0 Å². The van der Waals surface area contributed by atoms with Crippen LogP contribution in [0.1, 0.15) is 27.4 Å². The summed E-state index contributed by atoms with van der Waals surface area (Å²) in [4.78, 5) is 9.02. The SMILES string of the molecule is Cc1cc(C)c(-c2csc(N/C=C(\C#N)c3nc(C)cs3)n2)c(C)c1. The quantitative estimate of drug-likeness (QED) is 0.621. The van der Waals surface area contributed by atoms with Gasteiger partial charge in [0.05, 0.1) is 5.69 Å². The number of thiazole rings is 2. The molecule has 0 saturated carbocycles. The van der Waals surface area contributed by atoms with Crippen molar-refractivity contribution in [2.45, 2.75) is 27.7 Å². The van der Waals surface area contributed by atoms with E-state index in [4.69, 9.17) is 0 Å². The normalized spacial score (nSPS) is 11.4. The van der Waals surface area contributed by atoms with E-state index in [2.05, 4.69) is 54.3 Å². The van der Waals surface area contributed by atoms with Crippen LogP contribution < -0.4 is 5.32 Å². The van der Waals surface area contributed by atoms with Crippen LogP contribution in [0.4, 0.5) is 5.13 Å². The highest BCUT2D eigenvalue weighted by atomic mass is 32.1. The van der Waals surface area contributed by atoms with Gasteiger partial charge >= 0.3 is 0 Å². The first-order chi connectivity index (χ1) is 12.0. The van der Waals surface area contributed by atoms with Crippen LogP contribution in [-0.2, 0) is 0 Å². The number of anilines is 1. The van der Waals surface area contributed by atoms with Gasteiger partial charge < -0.3 is 5.32 Å². The molecule has 0 aliphatic carbocycles. The molecule has 126 valence electrons. The summed E-state index contributed by atoms with van der Waals surface area (Å²) in [5.74, 6) is 0. The molecule has 0 unspecified atom stereocenters. The summed E-state index contributed by atoms with van der Waals surface area (Å²) in [6.45, 7) is 8.24. The Morgan fingerprint density at radius 1 is 1.08 bits per heavy atom. The predicted molar refractivity (Wildman–Crippen MR) is 106 cm³/mol. The molecule has 3 rings (SSSR count). The van der Waals surface area contributed by atoms with Crippen LogP contribution in [0.2, 0.25) is 0 Å². The molecule has 2 aromatic heterocycles. The summed E-state index contributed by atoms with van der Waals surface area (Å²) in [6.07, 6.45) is 1.68. The van der Waals surface area contributed by atoms with Gasteiger partial charge in [-0.25, -0.2) is 9.97 Å². The third kappa shape index (κ3) is 3.78. The molecule has 1 aromatic carbocycles. The number of nitriles is 1. The zero-order valence-corrected chi connectivity index (χ0v) is 16.2. The molecule has 4 nitrogen and oxygen atoms in total. The van der Waals surface area contributed by atoms with E-state index in [1.54, 1.807) is 6.20 Å². The van der Waals surface area contributed by atoms with Gasteiger partial charge in [-0.05, 0) is 38.8 Å². The Morgan fingerprint density at radius 2 is 1.80 bits per heavy atom. The fourth-order valence-corrected chi connectivity index (χ4v) is 4.23. The monoisotopic (exact) mass is 366 g/mol. The van der Waals surface area contributed by atoms with Gasteiger partial charge in [-0.2, -0.15) is 5.26 Å². The zero-order valence-electron chi connectivity index (χ0n) is 14.5. The molecule has 0 radical (unpaired) electrons. The van der Waals surface area contributed by atoms with Crippen LogP contribution in [0.3, 0.4) is 0 Å². The van der Waals surface area contributed by atoms with Crippen molar-refractivity contribution >= 4 is 33.4 Å². The van der Waals surface area contributed by atoms with Crippen molar-refractivity contribution in [1.29, 1.82) is 5.26 Å². The van der Waals surface area contributed by atoms with E-state index >= 15 is 0 Å². The van der Waals surface area contributed by atoms with Gasteiger partial charge in [-0.1, -0.05) is 17.7 Å². The van der Waals surface area contributed by atoms with Crippen molar-refractivity contribution in [1.82, 2.24) is 9.97 Å². The molecule has 0 amide bonds. The number of aromatic nitrogens is 2. The zero-order chi connectivity index (χ0) is 18.0. The first-order valence-electron chi connectivity index (χ1n) is 7.81. The second-order valence-electron chi connectivity index (χ2n) is 5.92. The van der Waals surface area contributed by atoms with Crippen molar-refractivity contribution < 1.29 is 0 Å². The van der Waals surface area contributed by atoms with Gasteiger partial charge in [0.2, 0.25) is 0 Å². The van der Waals surface area contributed by atoms with Crippen molar-refractivity contribution in [2.75, 3.05) is 5.32 Å².